The third-order valence-electron chi connectivity index (χ3n) is 24.0. The van der Waals surface area contributed by atoms with Crippen LogP contribution in [-0.2, 0) is 24.7 Å². The number of allylic oxidation sites excluding steroid dienone is 2. The van der Waals surface area contributed by atoms with E-state index in [0.29, 0.717) is 0 Å². The molecule has 0 N–H and O–H groups in total. The van der Waals surface area contributed by atoms with Crippen molar-refractivity contribution < 1.29 is 24.7 Å². The molecule has 0 fully saturated rings. The van der Waals surface area contributed by atoms with Crippen molar-refractivity contribution in [3.8, 4) is 0 Å². The topological polar surface area (TPSA) is 55.4 Å². The molecule has 18 aromatic carbocycles. The molecule has 0 spiro atoms. The Bertz CT molecular complexity index is 4830. The molecule has 0 aliphatic carbocycles. The molecule has 0 radical (unpaired) electrons. The molecule has 0 saturated heterocycles. The fourth-order valence-electron chi connectivity index (χ4n) is 18.4. The molecule has 14 heteroatoms. The summed E-state index contributed by atoms with van der Waals surface area (Å²) >= 11 is 0. The molecule has 18 rings (SSSR count). The smallest absolute Gasteiger partial charge is 0.404 e. The lowest BCUT2D eigenvalue weighted by Gasteiger charge is -2.50. The van der Waals surface area contributed by atoms with Crippen molar-refractivity contribution in [2.75, 3.05) is 0 Å². The van der Waals surface area contributed by atoms with Gasteiger partial charge in [0, 0.05) is 12.1 Å². The van der Waals surface area contributed by atoms with Gasteiger partial charge in [-0.05, 0) is 93.4 Å². The molecule has 18 aromatic rings. The SMILES string of the molecule is C(=C\C[Si](O[Si](c1ccccc1)(c1ccccc1)c1ccccc1)(O[Si](c1ccccc1)(c1ccccc1)c1ccccc1)O[Si](c1ccccc1)(c1ccccc1)c1ccccc1)/C[Si](O[Si](c1ccccc1)(c1ccccc1)c1ccccc1)(O[Si](c1ccccc1)(c1ccccc1)c1ccccc1)O[Si](c1ccccc1)(c1ccccc1)c1ccccc1. The molecule has 0 atom stereocenters. The van der Waals surface area contributed by atoms with E-state index in [1.165, 1.54) is 0 Å². The molecular weight excluding hydrogens is 1670 g/mol. The van der Waals surface area contributed by atoms with E-state index in [1.807, 2.05) is 0 Å². The summed E-state index contributed by atoms with van der Waals surface area (Å²) in [5.41, 5.74) is 0. The highest BCUT2D eigenvalue weighted by atomic mass is 28.5. The molecule has 0 aliphatic heterocycles. The average Bonchev–Trinajstić information content (AvgIpc) is 0.712. The van der Waals surface area contributed by atoms with Crippen LogP contribution < -0.4 is 93.4 Å². The minimum absolute atomic E-state index is 0.0944. The molecule has 6 nitrogen and oxygen atoms in total. The summed E-state index contributed by atoms with van der Waals surface area (Å²) in [5.74, 6) is 0. The first kappa shape index (κ1) is 84.1. The zero-order chi connectivity index (χ0) is 85.1. The van der Waals surface area contributed by atoms with E-state index in [1.54, 1.807) is 0 Å². The largest absolute Gasteiger partial charge is 0.475 e. The van der Waals surface area contributed by atoms with Crippen molar-refractivity contribution in [3.63, 3.8) is 0 Å². The lowest BCUT2D eigenvalue weighted by molar-refractivity contribution is 0.267. The van der Waals surface area contributed by atoms with Crippen LogP contribution in [0.5, 0.6) is 0 Å². The van der Waals surface area contributed by atoms with Gasteiger partial charge in [-0.3, -0.25) is 0 Å². The zero-order valence-corrected chi connectivity index (χ0v) is 78.0. The predicted molar refractivity (Wildman–Crippen MR) is 541 cm³/mol. The summed E-state index contributed by atoms with van der Waals surface area (Å²) < 4.78 is 57.6. The van der Waals surface area contributed by atoms with Gasteiger partial charge in [0.2, 0.25) is 0 Å². The summed E-state index contributed by atoms with van der Waals surface area (Å²) in [6, 6.07) is 198. The molecule has 0 bridgehead atoms. The van der Waals surface area contributed by atoms with E-state index in [-0.39, 0.29) is 12.1 Å². The van der Waals surface area contributed by atoms with Crippen molar-refractivity contribution in [2.45, 2.75) is 12.1 Å². The van der Waals surface area contributed by atoms with Crippen molar-refractivity contribution >= 4 is 161 Å². The Morgan fingerprint density at radius 3 is 0.254 bits per heavy atom. The van der Waals surface area contributed by atoms with Crippen LogP contribution in [0.2, 0.25) is 12.1 Å². The van der Waals surface area contributed by atoms with Gasteiger partial charge in [0.05, 0.1) is 0 Å². The maximum absolute atomic E-state index is 9.61. The van der Waals surface area contributed by atoms with Gasteiger partial charge in [0.25, 0.3) is 49.9 Å². The minimum Gasteiger partial charge on any atom is -0.404 e. The molecule has 612 valence electrons. The number of benzene rings is 18. The lowest BCUT2D eigenvalue weighted by Crippen LogP contribution is -2.82. The van der Waals surface area contributed by atoms with Crippen molar-refractivity contribution in [1.82, 2.24) is 0 Å². The molecule has 0 saturated carbocycles. The lowest BCUT2D eigenvalue weighted by atomic mass is 10.3. The Morgan fingerprint density at radius 1 is 0.111 bits per heavy atom. The Morgan fingerprint density at radius 2 is 0.183 bits per heavy atom. The van der Waals surface area contributed by atoms with Gasteiger partial charge in [0.1, 0.15) is 0 Å². The molecule has 0 amide bonds. The Kier molecular flexibility index (Phi) is 25.9. The Labute approximate surface area is 749 Å². The van der Waals surface area contributed by atoms with Crippen LogP contribution in [0, 0.1) is 0 Å². The second kappa shape index (κ2) is 38.8. The van der Waals surface area contributed by atoms with Crippen molar-refractivity contribution in [3.05, 3.63) is 558 Å². The highest BCUT2D eigenvalue weighted by Gasteiger charge is 2.65. The Hall–Kier alpha value is -12.8. The van der Waals surface area contributed by atoms with Crippen LogP contribution in [-0.4, -0.2) is 67.5 Å². The summed E-state index contributed by atoms with van der Waals surface area (Å²) in [7, 11) is -34.8. The van der Waals surface area contributed by atoms with Crippen LogP contribution >= 0.6 is 0 Å². The van der Waals surface area contributed by atoms with Gasteiger partial charge in [-0.25, -0.2) is 0 Å². The molecule has 0 heterocycles. The van der Waals surface area contributed by atoms with Gasteiger partial charge in [-0.15, -0.1) is 0 Å². The maximum atomic E-state index is 9.61. The average molecular weight is 1760 g/mol. The van der Waals surface area contributed by atoms with Gasteiger partial charge < -0.3 is 24.7 Å². The van der Waals surface area contributed by atoms with Crippen molar-refractivity contribution in [1.29, 1.82) is 0 Å². The summed E-state index contributed by atoms with van der Waals surface area (Å²) in [6.07, 6.45) is 4.71. The third kappa shape index (κ3) is 16.7. The van der Waals surface area contributed by atoms with Crippen LogP contribution in [0.3, 0.4) is 0 Å². The van der Waals surface area contributed by atoms with Gasteiger partial charge in [-0.2, -0.15) is 0 Å². The van der Waals surface area contributed by atoms with E-state index in [2.05, 4.69) is 558 Å². The minimum atomic E-state index is -5.04. The van der Waals surface area contributed by atoms with Crippen LogP contribution in [0.15, 0.2) is 558 Å². The normalized spacial score (nSPS) is 12.3. The summed E-state index contributed by atoms with van der Waals surface area (Å²) in [6.45, 7) is 0. The third-order valence-corrected chi connectivity index (χ3v) is 60.9. The first-order valence-corrected chi connectivity index (χ1v) is 58.5. The monoisotopic (exact) mass is 1760 g/mol. The zero-order valence-electron chi connectivity index (χ0n) is 70.0. The second-order valence-electron chi connectivity index (χ2n) is 31.5. The quantitative estimate of drug-likeness (QED) is 0.0228. The van der Waals surface area contributed by atoms with E-state index in [9.17, 15) is 24.7 Å². The number of rotatable bonds is 34. The van der Waals surface area contributed by atoms with Gasteiger partial charge in [0.15, 0.2) is 0 Å². The van der Waals surface area contributed by atoms with Gasteiger partial charge in [-0.1, -0.05) is 558 Å². The first-order valence-electron chi connectivity index (χ1n) is 43.2. The molecule has 0 aliphatic rings. The van der Waals surface area contributed by atoms with Crippen LogP contribution in [0.4, 0.5) is 0 Å². The van der Waals surface area contributed by atoms with E-state index in [0.717, 1.165) is 93.4 Å². The fourth-order valence-corrected chi connectivity index (χ4v) is 62.2. The Balaban J connectivity index is 1.02. The van der Waals surface area contributed by atoms with E-state index in [4.69, 9.17) is 0 Å². The van der Waals surface area contributed by atoms with E-state index >= 15 is 0 Å². The van der Waals surface area contributed by atoms with Crippen LogP contribution in [0.25, 0.3) is 0 Å². The predicted octanol–water partition coefficient (Wildman–Crippen LogP) is 13.5. The first-order chi connectivity index (χ1) is 62.3. The molecular formula is C112H96O6Si8. The highest BCUT2D eigenvalue weighted by molar-refractivity contribution is 7.18. The van der Waals surface area contributed by atoms with Gasteiger partial charge >= 0.3 is 17.6 Å². The van der Waals surface area contributed by atoms with Crippen LogP contribution in [0.1, 0.15) is 0 Å². The maximum Gasteiger partial charge on any atom is 0.475 e. The summed E-state index contributed by atoms with van der Waals surface area (Å²) in [4.78, 5) is 0. The molecule has 126 heavy (non-hydrogen) atoms. The molecule has 0 aromatic heterocycles. The number of hydrogen-bond acceptors (Lipinski definition) is 6. The van der Waals surface area contributed by atoms with Crippen molar-refractivity contribution in [2.24, 2.45) is 0 Å². The summed E-state index contributed by atoms with van der Waals surface area (Å²) in [5, 5.41) is 18.4. The van der Waals surface area contributed by atoms with E-state index < -0.39 is 67.5 Å². The highest BCUT2D eigenvalue weighted by Crippen LogP contribution is 2.36. The molecule has 0 unspecified atom stereocenters. The standard InChI is InChI=1S/C112H96O6Si8/c1-19-57-95(58-20-1)121(96-59-21-2-22-60-96,97-61-23-3-24-62-97)113-119(114-122(98-63-25-4-26-64-98,99-65-27-5-28-66-99)100-67-29-6-30-68-100,115-123(101-69-31-7-32-70-101,102-71-33-8-34-72-102)103-73-35-9-36-74-103)93-55-56-94-120(116-124(104-75-37-10-38-76-104,105-77-39-11-40-78-105)106-79-41-12-42-80-106,117-125(107-81-43-13-44-82-107,108-83-45-14-46-84-108)109-85-47-15-48-86-109)118-126(110-87-49-16-50-88-110,111-89-51-17-52-90-111)112-91-53-18-54-92-112/h1-92H,93-94H2/b56-55+. The second-order valence-corrected chi connectivity index (χ2v) is 58.5. The number of hydrogen-bond donors (Lipinski definition) is 0. The fraction of sp³-hybridized carbons (Fsp3) is 0.0179.